The molecule has 3 atom stereocenters. The van der Waals surface area contributed by atoms with Gasteiger partial charge in [-0.05, 0) is 49.8 Å². The second kappa shape index (κ2) is 5.33. The summed E-state index contributed by atoms with van der Waals surface area (Å²) in [4.78, 5) is 0. The average molecular weight is 282 g/mol. The van der Waals surface area contributed by atoms with Gasteiger partial charge in [0, 0.05) is 16.6 Å². The minimum absolute atomic E-state index is 0.452. The summed E-state index contributed by atoms with van der Waals surface area (Å²) in [5.74, 6) is 0.896. The maximum atomic E-state index is 3.73. The highest BCUT2D eigenvalue weighted by Crippen LogP contribution is 2.27. The Morgan fingerprint density at radius 1 is 1.38 bits per heavy atom. The smallest absolute Gasteiger partial charge is 0.0294 e. The van der Waals surface area contributed by atoms with Crippen LogP contribution in [0, 0.1) is 5.92 Å². The maximum Gasteiger partial charge on any atom is 0.0294 e. The van der Waals surface area contributed by atoms with Crippen molar-refractivity contribution in [2.45, 2.75) is 45.2 Å². The molecule has 0 saturated heterocycles. The van der Waals surface area contributed by atoms with Crippen LogP contribution >= 0.6 is 15.9 Å². The highest BCUT2D eigenvalue weighted by molar-refractivity contribution is 9.10. The molecule has 1 nitrogen and oxygen atoms in total. The largest absolute Gasteiger partial charge is 0.307 e. The Balaban J connectivity index is 1.95. The summed E-state index contributed by atoms with van der Waals surface area (Å²) in [5, 5.41) is 3.73. The number of benzene rings is 1. The Bertz CT molecular complexity index is 350. The van der Waals surface area contributed by atoms with Crippen LogP contribution in [-0.4, -0.2) is 6.04 Å². The van der Waals surface area contributed by atoms with Gasteiger partial charge in [-0.15, -0.1) is 0 Å². The third kappa shape index (κ3) is 3.08. The van der Waals surface area contributed by atoms with Crippen molar-refractivity contribution < 1.29 is 0 Å². The first-order valence-corrected chi connectivity index (χ1v) is 6.96. The van der Waals surface area contributed by atoms with Gasteiger partial charge in [-0.3, -0.25) is 0 Å². The molecule has 0 bridgehead atoms. The molecule has 1 aliphatic rings. The van der Waals surface area contributed by atoms with E-state index in [1.165, 1.54) is 29.3 Å². The SMILES string of the molecule is CC1CCC(N[C@@H](C)c2cccc(Br)c2)C1. The Morgan fingerprint density at radius 3 is 2.81 bits per heavy atom. The molecule has 1 aromatic rings. The first kappa shape index (κ1) is 12.1. The molecule has 1 aromatic carbocycles. The van der Waals surface area contributed by atoms with Crippen LogP contribution in [0.3, 0.4) is 0 Å². The van der Waals surface area contributed by atoms with E-state index in [9.17, 15) is 0 Å². The first-order valence-electron chi connectivity index (χ1n) is 6.16. The minimum atomic E-state index is 0.452. The molecular formula is C14H20BrN. The molecule has 0 heterocycles. The summed E-state index contributed by atoms with van der Waals surface area (Å²) in [6, 6.07) is 9.75. The van der Waals surface area contributed by atoms with E-state index in [1.54, 1.807) is 0 Å². The van der Waals surface area contributed by atoms with Crippen molar-refractivity contribution in [3.8, 4) is 0 Å². The summed E-state index contributed by atoms with van der Waals surface area (Å²) in [5.41, 5.74) is 1.37. The Morgan fingerprint density at radius 2 is 2.19 bits per heavy atom. The van der Waals surface area contributed by atoms with Gasteiger partial charge in [-0.1, -0.05) is 35.0 Å². The number of hydrogen-bond donors (Lipinski definition) is 1. The van der Waals surface area contributed by atoms with E-state index in [4.69, 9.17) is 0 Å². The van der Waals surface area contributed by atoms with E-state index >= 15 is 0 Å². The van der Waals surface area contributed by atoms with Crippen LogP contribution in [0.4, 0.5) is 0 Å². The van der Waals surface area contributed by atoms with Crippen molar-refractivity contribution >= 4 is 15.9 Å². The molecular weight excluding hydrogens is 262 g/mol. The molecule has 0 spiro atoms. The van der Waals surface area contributed by atoms with Crippen LogP contribution in [0.25, 0.3) is 0 Å². The van der Waals surface area contributed by atoms with Gasteiger partial charge < -0.3 is 5.32 Å². The van der Waals surface area contributed by atoms with Gasteiger partial charge in [0.15, 0.2) is 0 Å². The fourth-order valence-corrected chi connectivity index (χ4v) is 3.00. The van der Waals surface area contributed by atoms with Gasteiger partial charge in [-0.2, -0.15) is 0 Å². The standard InChI is InChI=1S/C14H20BrN/c1-10-6-7-14(8-10)16-11(2)12-4-3-5-13(15)9-12/h3-5,9-11,14,16H,6-8H2,1-2H3/t10?,11-,14?/m0/s1. The molecule has 16 heavy (non-hydrogen) atoms. The number of rotatable bonds is 3. The molecule has 1 fully saturated rings. The second-order valence-electron chi connectivity index (χ2n) is 5.06. The normalized spacial score (nSPS) is 26.9. The molecule has 0 aliphatic heterocycles. The minimum Gasteiger partial charge on any atom is -0.307 e. The summed E-state index contributed by atoms with van der Waals surface area (Å²) < 4.78 is 1.17. The Hall–Kier alpha value is -0.340. The lowest BCUT2D eigenvalue weighted by Crippen LogP contribution is -2.29. The molecule has 1 aliphatic carbocycles. The number of hydrogen-bond acceptors (Lipinski definition) is 1. The molecule has 0 aromatic heterocycles. The molecule has 1 saturated carbocycles. The highest BCUT2D eigenvalue weighted by atomic mass is 79.9. The monoisotopic (exact) mass is 281 g/mol. The van der Waals surface area contributed by atoms with Gasteiger partial charge in [0.25, 0.3) is 0 Å². The van der Waals surface area contributed by atoms with Crippen LogP contribution in [0.1, 0.15) is 44.7 Å². The average Bonchev–Trinajstić information content (AvgIpc) is 2.64. The van der Waals surface area contributed by atoms with E-state index < -0.39 is 0 Å². The summed E-state index contributed by atoms with van der Waals surface area (Å²) in [6.07, 6.45) is 4.04. The molecule has 2 rings (SSSR count). The lowest BCUT2D eigenvalue weighted by molar-refractivity contribution is 0.449. The zero-order valence-electron chi connectivity index (χ0n) is 10.0. The zero-order chi connectivity index (χ0) is 11.5. The molecule has 1 N–H and O–H groups in total. The first-order chi connectivity index (χ1) is 7.65. The highest BCUT2D eigenvalue weighted by Gasteiger charge is 2.22. The summed E-state index contributed by atoms with van der Waals surface area (Å²) >= 11 is 3.52. The van der Waals surface area contributed by atoms with Gasteiger partial charge >= 0.3 is 0 Å². The van der Waals surface area contributed by atoms with Gasteiger partial charge in [0.1, 0.15) is 0 Å². The van der Waals surface area contributed by atoms with Crippen molar-refractivity contribution in [2.75, 3.05) is 0 Å². The van der Waals surface area contributed by atoms with Crippen LogP contribution in [0.15, 0.2) is 28.7 Å². The summed E-state index contributed by atoms with van der Waals surface area (Å²) in [7, 11) is 0. The number of nitrogens with one attached hydrogen (secondary N) is 1. The molecule has 2 heteroatoms. The fourth-order valence-electron chi connectivity index (χ4n) is 2.58. The Kier molecular flexibility index (Phi) is 4.04. The van der Waals surface area contributed by atoms with Crippen molar-refractivity contribution in [3.05, 3.63) is 34.3 Å². The van der Waals surface area contributed by atoms with Crippen molar-refractivity contribution in [2.24, 2.45) is 5.92 Å². The number of halogens is 1. The van der Waals surface area contributed by atoms with E-state index in [2.05, 4.69) is 59.4 Å². The van der Waals surface area contributed by atoms with Crippen molar-refractivity contribution in [3.63, 3.8) is 0 Å². The molecule has 88 valence electrons. The predicted octanol–water partition coefficient (Wildman–Crippen LogP) is 4.29. The van der Waals surface area contributed by atoms with E-state index in [0.29, 0.717) is 12.1 Å². The zero-order valence-corrected chi connectivity index (χ0v) is 11.6. The molecule has 2 unspecified atom stereocenters. The Labute approximate surface area is 107 Å². The lowest BCUT2D eigenvalue weighted by Gasteiger charge is -2.20. The van der Waals surface area contributed by atoms with Gasteiger partial charge in [-0.25, -0.2) is 0 Å². The summed E-state index contributed by atoms with van der Waals surface area (Å²) in [6.45, 7) is 4.61. The van der Waals surface area contributed by atoms with Crippen molar-refractivity contribution in [1.82, 2.24) is 5.32 Å². The second-order valence-corrected chi connectivity index (χ2v) is 5.97. The van der Waals surface area contributed by atoms with Crippen molar-refractivity contribution in [1.29, 1.82) is 0 Å². The fraction of sp³-hybridized carbons (Fsp3) is 0.571. The third-order valence-electron chi connectivity index (χ3n) is 3.53. The van der Waals surface area contributed by atoms with E-state index in [1.807, 2.05) is 0 Å². The van der Waals surface area contributed by atoms with Crippen LogP contribution < -0.4 is 5.32 Å². The topological polar surface area (TPSA) is 12.0 Å². The third-order valence-corrected chi connectivity index (χ3v) is 4.02. The lowest BCUT2D eigenvalue weighted by atomic mass is 10.1. The van der Waals surface area contributed by atoms with Gasteiger partial charge in [0.05, 0.1) is 0 Å². The van der Waals surface area contributed by atoms with Crippen LogP contribution in [0.5, 0.6) is 0 Å². The molecule has 0 amide bonds. The van der Waals surface area contributed by atoms with Crippen LogP contribution in [-0.2, 0) is 0 Å². The quantitative estimate of drug-likeness (QED) is 0.872. The van der Waals surface area contributed by atoms with E-state index in [0.717, 1.165) is 5.92 Å². The van der Waals surface area contributed by atoms with E-state index in [-0.39, 0.29) is 0 Å². The van der Waals surface area contributed by atoms with Crippen LogP contribution in [0.2, 0.25) is 0 Å². The van der Waals surface area contributed by atoms with Gasteiger partial charge in [0.2, 0.25) is 0 Å². The molecule has 0 radical (unpaired) electrons. The maximum absolute atomic E-state index is 3.73. The predicted molar refractivity (Wildman–Crippen MR) is 72.5 cm³/mol.